The molecule has 33 heavy (non-hydrogen) atoms. The average molecular weight is 450 g/mol. The van der Waals surface area contributed by atoms with Gasteiger partial charge in [0.25, 0.3) is 0 Å². The molecule has 5 rings (SSSR count). The van der Waals surface area contributed by atoms with E-state index in [0.717, 1.165) is 36.1 Å². The summed E-state index contributed by atoms with van der Waals surface area (Å²) < 4.78 is 44.5. The predicted octanol–water partition coefficient (Wildman–Crippen LogP) is 6.42. The van der Waals surface area contributed by atoms with E-state index in [-0.39, 0.29) is 11.9 Å². The van der Waals surface area contributed by atoms with Gasteiger partial charge in [-0.25, -0.2) is 4.98 Å². The highest BCUT2D eigenvalue weighted by molar-refractivity contribution is 5.81. The van der Waals surface area contributed by atoms with Crippen molar-refractivity contribution in [3.05, 3.63) is 89.8 Å². The second-order valence-corrected chi connectivity index (χ2v) is 8.22. The first kappa shape index (κ1) is 21.2. The molecule has 1 fully saturated rings. The first-order valence-electron chi connectivity index (χ1n) is 10.8. The Labute approximate surface area is 188 Å². The van der Waals surface area contributed by atoms with Gasteiger partial charge in [-0.3, -0.25) is 4.79 Å². The van der Waals surface area contributed by atoms with E-state index in [4.69, 9.17) is 4.42 Å². The van der Waals surface area contributed by atoms with Crippen molar-refractivity contribution < 1.29 is 22.4 Å². The fourth-order valence-corrected chi connectivity index (χ4v) is 4.31. The van der Waals surface area contributed by atoms with Crippen molar-refractivity contribution in [2.45, 2.75) is 31.5 Å². The molecule has 0 spiro atoms. The second-order valence-electron chi connectivity index (χ2n) is 8.22. The molecular weight excluding hydrogens is 429 g/mol. The van der Waals surface area contributed by atoms with Crippen molar-refractivity contribution >= 4 is 17.0 Å². The van der Waals surface area contributed by atoms with Gasteiger partial charge in [0.2, 0.25) is 11.8 Å². The van der Waals surface area contributed by atoms with Gasteiger partial charge < -0.3 is 9.32 Å². The van der Waals surface area contributed by atoms with Crippen molar-refractivity contribution in [2.24, 2.45) is 0 Å². The number of hydrogen-bond acceptors (Lipinski definition) is 3. The molecule has 0 aliphatic carbocycles. The predicted molar refractivity (Wildman–Crippen MR) is 118 cm³/mol. The van der Waals surface area contributed by atoms with Crippen LogP contribution in [0.4, 0.5) is 13.2 Å². The van der Waals surface area contributed by atoms with Crippen LogP contribution in [-0.4, -0.2) is 22.3 Å². The molecule has 4 aromatic rings. The summed E-state index contributed by atoms with van der Waals surface area (Å²) in [4.78, 5) is 19.4. The van der Waals surface area contributed by atoms with Crippen molar-refractivity contribution in [1.29, 1.82) is 0 Å². The summed E-state index contributed by atoms with van der Waals surface area (Å²) in [5, 5.41) is 0. The quantitative estimate of drug-likeness (QED) is 0.360. The molecule has 1 aliphatic heterocycles. The average Bonchev–Trinajstić information content (AvgIpc) is 3.46. The molecule has 0 unspecified atom stereocenters. The summed E-state index contributed by atoms with van der Waals surface area (Å²) in [6.45, 7) is 0.659. The van der Waals surface area contributed by atoms with E-state index in [0.29, 0.717) is 35.5 Å². The molecular formula is C26H21F3N2O2. The van der Waals surface area contributed by atoms with E-state index < -0.39 is 11.7 Å². The van der Waals surface area contributed by atoms with E-state index in [9.17, 15) is 18.0 Å². The number of halogens is 3. The maximum atomic E-state index is 12.9. The topological polar surface area (TPSA) is 46.3 Å². The fraction of sp³-hybridized carbons (Fsp3) is 0.231. The molecule has 168 valence electrons. The van der Waals surface area contributed by atoms with Crippen molar-refractivity contribution in [2.75, 3.05) is 6.54 Å². The van der Waals surface area contributed by atoms with Crippen molar-refractivity contribution in [3.8, 4) is 11.1 Å². The molecule has 2 heterocycles. The van der Waals surface area contributed by atoms with Gasteiger partial charge in [-0.05, 0) is 53.8 Å². The van der Waals surface area contributed by atoms with Crippen LogP contribution in [0.3, 0.4) is 0 Å². The highest BCUT2D eigenvalue weighted by Crippen LogP contribution is 2.35. The lowest BCUT2D eigenvalue weighted by atomic mass is 10.0. The van der Waals surface area contributed by atoms with Crippen LogP contribution >= 0.6 is 0 Å². The molecule has 1 aliphatic rings. The van der Waals surface area contributed by atoms with Crippen LogP contribution in [0.1, 0.15) is 35.9 Å². The van der Waals surface area contributed by atoms with Gasteiger partial charge in [0.05, 0.1) is 12.0 Å². The number of benzene rings is 3. The lowest BCUT2D eigenvalue weighted by Gasteiger charge is -2.22. The third-order valence-electron chi connectivity index (χ3n) is 6.01. The Morgan fingerprint density at radius 1 is 1.00 bits per heavy atom. The maximum Gasteiger partial charge on any atom is 0.416 e. The summed E-state index contributed by atoms with van der Waals surface area (Å²) in [6.07, 6.45) is -2.38. The number of amides is 1. The summed E-state index contributed by atoms with van der Waals surface area (Å²) in [5.74, 6) is 0.532. The van der Waals surface area contributed by atoms with Crippen LogP contribution in [0.2, 0.25) is 0 Å². The van der Waals surface area contributed by atoms with Gasteiger partial charge in [0.1, 0.15) is 11.6 Å². The largest absolute Gasteiger partial charge is 0.438 e. The highest BCUT2D eigenvalue weighted by atomic mass is 19.4. The zero-order valence-electron chi connectivity index (χ0n) is 17.7. The van der Waals surface area contributed by atoms with E-state index in [1.807, 2.05) is 35.2 Å². The minimum atomic E-state index is -4.37. The zero-order chi connectivity index (χ0) is 23.0. The van der Waals surface area contributed by atoms with Gasteiger partial charge in [0, 0.05) is 6.54 Å². The molecule has 3 aromatic carbocycles. The van der Waals surface area contributed by atoms with Crippen LogP contribution < -0.4 is 0 Å². The number of rotatable bonds is 4. The van der Waals surface area contributed by atoms with Crippen molar-refractivity contribution in [3.63, 3.8) is 0 Å². The number of nitrogens with zero attached hydrogens (tertiary/aromatic N) is 2. The summed E-state index contributed by atoms with van der Waals surface area (Å²) in [7, 11) is 0. The van der Waals surface area contributed by atoms with Crippen LogP contribution in [0.15, 0.2) is 77.2 Å². The van der Waals surface area contributed by atoms with E-state index >= 15 is 0 Å². The standard InChI is InChI=1S/C26H21F3N2O2/c27-26(28,29)20-11-8-18(9-12-20)19-10-13-23-21(16-19)30-25(33-23)22-7-4-14-31(22)24(32)15-17-5-2-1-3-6-17/h1-3,5-6,8-13,16,22H,4,7,14-15H2/t22-/m0/s1. The molecule has 4 nitrogen and oxygen atoms in total. The molecule has 0 radical (unpaired) electrons. The number of likely N-dealkylation sites (tertiary alicyclic amines) is 1. The third kappa shape index (κ3) is 4.35. The third-order valence-corrected chi connectivity index (χ3v) is 6.01. The van der Waals surface area contributed by atoms with Crippen LogP contribution in [0, 0.1) is 0 Å². The van der Waals surface area contributed by atoms with Crippen LogP contribution in [0.25, 0.3) is 22.2 Å². The lowest BCUT2D eigenvalue weighted by Crippen LogP contribution is -2.32. The monoisotopic (exact) mass is 450 g/mol. The van der Waals surface area contributed by atoms with Crippen LogP contribution in [0.5, 0.6) is 0 Å². The fourth-order valence-electron chi connectivity index (χ4n) is 4.31. The minimum absolute atomic E-state index is 0.0383. The van der Waals surface area contributed by atoms with Crippen LogP contribution in [-0.2, 0) is 17.4 Å². The number of aromatic nitrogens is 1. The Balaban J connectivity index is 1.38. The smallest absolute Gasteiger partial charge is 0.416 e. The molecule has 1 aromatic heterocycles. The SMILES string of the molecule is O=C(Cc1ccccc1)N1CCC[C@H]1c1nc2cc(-c3ccc(C(F)(F)F)cc3)ccc2o1. The maximum absolute atomic E-state index is 12.9. The first-order chi connectivity index (χ1) is 15.9. The number of alkyl halides is 3. The van der Waals surface area contributed by atoms with E-state index in [1.54, 1.807) is 18.2 Å². The molecule has 1 amide bonds. The number of oxazole rings is 1. The summed E-state index contributed by atoms with van der Waals surface area (Å²) >= 11 is 0. The number of carbonyl (C=O) groups is 1. The van der Waals surface area contributed by atoms with E-state index in [1.165, 1.54) is 12.1 Å². The molecule has 1 saturated heterocycles. The molecule has 0 saturated carbocycles. The van der Waals surface area contributed by atoms with Gasteiger partial charge >= 0.3 is 6.18 Å². The molecule has 7 heteroatoms. The lowest BCUT2D eigenvalue weighted by molar-refractivity contribution is -0.137. The van der Waals surface area contributed by atoms with Gasteiger partial charge in [-0.1, -0.05) is 48.5 Å². The Bertz CT molecular complexity index is 1280. The normalized spacial score (nSPS) is 16.5. The summed E-state index contributed by atoms with van der Waals surface area (Å²) in [5.41, 5.74) is 2.90. The number of fused-ring (bicyclic) bond motifs is 1. The van der Waals surface area contributed by atoms with E-state index in [2.05, 4.69) is 4.98 Å². The summed E-state index contributed by atoms with van der Waals surface area (Å²) in [6, 6.07) is 19.8. The minimum Gasteiger partial charge on any atom is -0.438 e. The molecule has 0 N–H and O–H groups in total. The Hall–Kier alpha value is -3.61. The highest BCUT2D eigenvalue weighted by Gasteiger charge is 2.33. The molecule has 0 bridgehead atoms. The van der Waals surface area contributed by atoms with Crippen molar-refractivity contribution in [1.82, 2.24) is 9.88 Å². The number of hydrogen-bond donors (Lipinski definition) is 0. The number of carbonyl (C=O) groups excluding carboxylic acids is 1. The van der Waals surface area contributed by atoms with Gasteiger partial charge in [-0.15, -0.1) is 0 Å². The Kier molecular flexibility index (Phi) is 5.40. The van der Waals surface area contributed by atoms with Gasteiger partial charge in [0.15, 0.2) is 5.58 Å². The Morgan fingerprint density at radius 3 is 2.45 bits per heavy atom. The Morgan fingerprint density at radius 2 is 1.73 bits per heavy atom. The van der Waals surface area contributed by atoms with Gasteiger partial charge in [-0.2, -0.15) is 13.2 Å². The first-order valence-corrected chi connectivity index (χ1v) is 10.8. The zero-order valence-corrected chi connectivity index (χ0v) is 17.7. The molecule has 1 atom stereocenters. The second kappa shape index (κ2) is 8.39.